The molecular weight excluding hydrogens is 262 g/mol. The maximum absolute atomic E-state index is 12.4. The van der Waals surface area contributed by atoms with Gasteiger partial charge < -0.3 is 9.64 Å². The number of carbonyl (C=O) groups excluding carboxylic acids is 1. The number of rotatable bonds is 2. The van der Waals surface area contributed by atoms with Crippen molar-refractivity contribution in [3.63, 3.8) is 0 Å². The zero-order valence-electron chi connectivity index (χ0n) is 13.7. The first-order chi connectivity index (χ1) is 9.85. The second-order valence-corrected chi connectivity index (χ2v) is 7.02. The highest BCUT2D eigenvalue weighted by Gasteiger charge is 2.30. The van der Waals surface area contributed by atoms with Crippen molar-refractivity contribution < 1.29 is 9.53 Å². The van der Waals surface area contributed by atoms with Gasteiger partial charge >= 0.3 is 6.09 Å². The Morgan fingerprint density at radius 2 is 2.10 bits per heavy atom. The molecule has 1 aliphatic rings. The zero-order chi connectivity index (χ0) is 15.5. The van der Waals surface area contributed by atoms with Crippen LogP contribution in [-0.2, 0) is 11.2 Å². The van der Waals surface area contributed by atoms with Gasteiger partial charge in [-0.1, -0.05) is 29.8 Å². The Kier molecular flexibility index (Phi) is 4.92. The van der Waals surface area contributed by atoms with E-state index in [4.69, 9.17) is 4.74 Å². The Bertz CT molecular complexity index is 490. The average Bonchev–Trinajstić information content (AvgIpc) is 2.37. The van der Waals surface area contributed by atoms with E-state index in [9.17, 15) is 4.79 Å². The van der Waals surface area contributed by atoms with Gasteiger partial charge in [0.1, 0.15) is 5.60 Å². The summed E-state index contributed by atoms with van der Waals surface area (Å²) >= 11 is 0. The molecular formula is C18H27NO2. The Morgan fingerprint density at radius 1 is 1.33 bits per heavy atom. The van der Waals surface area contributed by atoms with Crippen LogP contribution in [0.2, 0.25) is 0 Å². The van der Waals surface area contributed by atoms with Crippen LogP contribution < -0.4 is 0 Å². The third kappa shape index (κ3) is 4.76. The second-order valence-electron chi connectivity index (χ2n) is 7.02. The van der Waals surface area contributed by atoms with Gasteiger partial charge in [-0.25, -0.2) is 4.79 Å². The molecule has 0 aromatic heterocycles. The number of benzene rings is 1. The molecule has 2 rings (SSSR count). The number of piperidine rings is 1. The van der Waals surface area contributed by atoms with Crippen LogP contribution in [0.1, 0.15) is 51.2 Å². The van der Waals surface area contributed by atoms with E-state index in [1.54, 1.807) is 0 Å². The minimum Gasteiger partial charge on any atom is -0.444 e. The minimum atomic E-state index is -0.428. The van der Waals surface area contributed by atoms with E-state index < -0.39 is 5.60 Å². The molecule has 1 aliphatic heterocycles. The SMILES string of the molecule is Cc1cccc(CC2CCCCN2C(=O)OC(C)(C)C)c1. The molecule has 0 spiro atoms. The van der Waals surface area contributed by atoms with Crippen LogP contribution in [0.3, 0.4) is 0 Å². The average molecular weight is 289 g/mol. The quantitative estimate of drug-likeness (QED) is 0.811. The van der Waals surface area contributed by atoms with Crippen molar-refractivity contribution in [1.82, 2.24) is 4.90 Å². The number of hydrogen-bond acceptors (Lipinski definition) is 2. The molecule has 1 fully saturated rings. The van der Waals surface area contributed by atoms with Crippen LogP contribution in [-0.4, -0.2) is 29.2 Å². The molecule has 0 aliphatic carbocycles. The number of ether oxygens (including phenoxy) is 1. The van der Waals surface area contributed by atoms with Gasteiger partial charge in [0, 0.05) is 12.6 Å². The fourth-order valence-electron chi connectivity index (χ4n) is 2.88. The normalized spacial score (nSPS) is 19.4. The Morgan fingerprint density at radius 3 is 2.76 bits per heavy atom. The first kappa shape index (κ1) is 15.9. The lowest BCUT2D eigenvalue weighted by atomic mass is 9.95. The number of amides is 1. The Hall–Kier alpha value is -1.51. The molecule has 0 N–H and O–H groups in total. The van der Waals surface area contributed by atoms with Gasteiger partial charge in [-0.05, 0) is 58.9 Å². The lowest BCUT2D eigenvalue weighted by Crippen LogP contribution is -2.47. The van der Waals surface area contributed by atoms with E-state index in [0.717, 1.165) is 25.8 Å². The monoisotopic (exact) mass is 289 g/mol. The van der Waals surface area contributed by atoms with Gasteiger partial charge in [0.05, 0.1) is 0 Å². The van der Waals surface area contributed by atoms with Crippen molar-refractivity contribution in [2.24, 2.45) is 0 Å². The molecule has 3 heteroatoms. The van der Waals surface area contributed by atoms with Crippen LogP contribution in [0.5, 0.6) is 0 Å². The summed E-state index contributed by atoms with van der Waals surface area (Å²) in [5.41, 5.74) is 2.14. The highest BCUT2D eigenvalue weighted by Crippen LogP contribution is 2.23. The van der Waals surface area contributed by atoms with Gasteiger partial charge in [0.25, 0.3) is 0 Å². The van der Waals surface area contributed by atoms with Crippen molar-refractivity contribution in [1.29, 1.82) is 0 Å². The first-order valence-corrected chi connectivity index (χ1v) is 7.90. The summed E-state index contributed by atoms with van der Waals surface area (Å²) in [5.74, 6) is 0. The number of likely N-dealkylation sites (tertiary alicyclic amines) is 1. The molecule has 0 saturated carbocycles. The van der Waals surface area contributed by atoms with Crippen molar-refractivity contribution in [3.05, 3.63) is 35.4 Å². The van der Waals surface area contributed by atoms with Gasteiger partial charge in [-0.2, -0.15) is 0 Å². The van der Waals surface area contributed by atoms with Crippen LogP contribution in [0.4, 0.5) is 4.79 Å². The third-order valence-corrected chi connectivity index (χ3v) is 3.81. The molecule has 1 aromatic rings. The van der Waals surface area contributed by atoms with E-state index in [0.29, 0.717) is 0 Å². The van der Waals surface area contributed by atoms with Gasteiger partial charge in [0.2, 0.25) is 0 Å². The number of aryl methyl sites for hydroxylation is 1. The number of nitrogens with zero attached hydrogens (tertiary/aromatic N) is 1. The summed E-state index contributed by atoms with van der Waals surface area (Å²) < 4.78 is 5.56. The maximum Gasteiger partial charge on any atom is 0.410 e. The summed E-state index contributed by atoms with van der Waals surface area (Å²) in [4.78, 5) is 14.3. The zero-order valence-corrected chi connectivity index (χ0v) is 13.7. The standard InChI is InChI=1S/C18H27NO2/c1-14-8-7-9-15(12-14)13-16-10-5-6-11-19(16)17(20)21-18(2,3)4/h7-9,12,16H,5-6,10-11,13H2,1-4H3. The summed E-state index contributed by atoms with van der Waals surface area (Å²) in [6.45, 7) is 8.68. The lowest BCUT2D eigenvalue weighted by Gasteiger charge is -2.37. The minimum absolute atomic E-state index is 0.167. The van der Waals surface area contributed by atoms with E-state index >= 15 is 0 Å². The van der Waals surface area contributed by atoms with Crippen molar-refractivity contribution >= 4 is 6.09 Å². The molecule has 3 nitrogen and oxygen atoms in total. The molecule has 21 heavy (non-hydrogen) atoms. The Labute approximate surface area is 128 Å². The summed E-state index contributed by atoms with van der Waals surface area (Å²) in [7, 11) is 0. The van der Waals surface area contributed by atoms with Crippen LogP contribution >= 0.6 is 0 Å². The largest absolute Gasteiger partial charge is 0.444 e. The van der Waals surface area contributed by atoms with Gasteiger partial charge in [-0.15, -0.1) is 0 Å². The van der Waals surface area contributed by atoms with Gasteiger partial charge in [0.15, 0.2) is 0 Å². The van der Waals surface area contributed by atoms with Gasteiger partial charge in [-0.3, -0.25) is 0 Å². The fraction of sp³-hybridized carbons (Fsp3) is 0.611. The van der Waals surface area contributed by atoms with E-state index in [2.05, 4.69) is 31.2 Å². The van der Waals surface area contributed by atoms with Crippen molar-refractivity contribution in [2.45, 2.75) is 65.0 Å². The Balaban J connectivity index is 2.06. The molecule has 1 heterocycles. The van der Waals surface area contributed by atoms with Crippen LogP contribution in [0.15, 0.2) is 24.3 Å². The number of carbonyl (C=O) groups is 1. The summed E-state index contributed by atoms with van der Waals surface area (Å²) in [6, 6.07) is 8.81. The molecule has 1 saturated heterocycles. The summed E-state index contributed by atoms with van der Waals surface area (Å²) in [5, 5.41) is 0. The molecule has 116 valence electrons. The van der Waals surface area contributed by atoms with Crippen molar-refractivity contribution in [3.8, 4) is 0 Å². The molecule has 1 aromatic carbocycles. The molecule has 0 radical (unpaired) electrons. The van der Waals surface area contributed by atoms with E-state index in [-0.39, 0.29) is 12.1 Å². The predicted octanol–water partition coefficient (Wildman–Crippen LogP) is 4.33. The van der Waals surface area contributed by atoms with E-state index in [1.807, 2.05) is 25.7 Å². The first-order valence-electron chi connectivity index (χ1n) is 7.90. The second kappa shape index (κ2) is 6.50. The van der Waals surface area contributed by atoms with Crippen LogP contribution in [0, 0.1) is 6.92 Å². The maximum atomic E-state index is 12.4. The molecule has 1 atom stereocenters. The summed E-state index contributed by atoms with van der Waals surface area (Å²) in [6.07, 6.45) is 4.08. The van der Waals surface area contributed by atoms with Crippen LogP contribution in [0.25, 0.3) is 0 Å². The third-order valence-electron chi connectivity index (χ3n) is 3.81. The topological polar surface area (TPSA) is 29.5 Å². The molecule has 1 unspecified atom stereocenters. The predicted molar refractivity (Wildman–Crippen MR) is 85.5 cm³/mol. The lowest BCUT2D eigenvalue weighted by molar-refractivity contribution is 0.00995. The fourth-order valence-corrected chi connectivity index (χ4v) is 2.88. The van der Waals surface area contributed by atoms with E-state index in [1.165, 1.54) is 17.5 Å². The number of hydrogen-bond donors (Lipinski definition) is 0. The highest BCUT2D eigenvalue weighted by molar-refractivity contribution is 5.68. The smallest absolute Gasteiger partial charge is 0.410 e. The highest BCUT2D eigenvalue weighted by atomic mass is 16.6. The molecule has 1 amide bonds. The molecule has 0 bridgehead atoms. The van der Waals surface area contributed by atoms with Crippen molar-refractivity contribution in [2.75, 3.05) is 6.54 Å².